The summed E-state index contributed by atoms with van der Waals surface area (Å²) >= 11 is 0. The second-order valence-corrected chi connectivity index (χ2v) is 20.7. The van der Waals surface area contributed by atoms with E-state index in [9.17, 15) is 0 Å². The molecule has 5 aromatic heterocycles. The highest BCUT2D eigenvalue weighted by atomic mass is 16.3. The standard InChI is InChI=1S/C64H53N5O/c1-37(2)43-16-12-17-44(38(3)4)60(43)39-24-28-42(29-25-39)68-54-21-14-18-45(62(54)67-63(68)49-20-13-19-48-50-34-41(64(5,6)7)27-31-53(50)66-61(48)49)40-26-30-46-51-36-58-52(47-15-8-9-22-57(47)70-58)35-56(51)69(55(46)33-40)59-23-10-11-32-65-59/h8-38,66H,1-7H3. The zero-order valence-corrected chi connectivity index (χ0v) is 40.6. The molecule has 13 rings (SSSR count). The minimum atomic E-state index is 0.0211. The van der Waals surface area contributed by atoms with Crippen LogP contribution in [-0.2, 0) is 5.41 Å². The number of nitrogens with zero attached hydrogens (tertiary/aromatic N) is 4. The molecule has 0 aliphatic carbocycles. The number of imidazole rings is 1. The van der Waals surface area contributed by atoms with Crippen LogP contribution < -0.4 is 0 Å². The zero-order valence-electron chi connectivity index (χ0n) is 40.6. The lowest BCUT2D eigenvalue weighted by atomic mass is 9.85. The van der Waals surface area contributed by atoms with Gasteiger partial charge in [0.2, 0.25) is 0 Å². The Morgan fingerprint density at radius 2 is 1.23 bits per heavy atom. The Balaban J connectivity index is 1.05. The van der Waals surface area contributed by atoms with E-state index in [0.29, 0.717) is 11.8 Å². The van der Waals surface area contributed by atoms with Gasteiger partial charge in [0.05, 0.1) is 27.6 Å². The van der Waals surface area contributed by atoms with Crippen molar-refractivity contribution in [2.75, 3.05) is 0 Å². The lowest BCUT2D eigenvalue weighted by Crippen LogP contribution is -2.10. The molecule has 0 bridgehead atoms. The third kappa shape index (κ3) is 6.46. The molecule has 70 heavy (non-hydrogen) atoms. The van der Waals surface area contributed by atoms with Crippen LogP contribution in [0.1, 0.15) is 77.0 Å². The fourth-order valence-corrected chi connectivity index (χ4v) is 11.1. The molecule has 340 valence electrons. The van der Waals surface area contributed by atoms with Crippen molar-refractivity contribution in [2.24, 2.45) is 0 Å². The van der Waals surface area contributed by atoms with Crippen LogP contribution in [0.15, 0.2) is 180 Å². The first-order valence-electron chi connectivity index (χ1n) is 24.6. The number of fused-ring (bicyclic) bond motifs is 10. The Kier molecular flexibility index (Phi) is 9.38. The molecule has 0 fully saturated rings. The summed E-state index contributed by atoms with van der Waals surface area (Å²) in [5, 5.41) is 6.84. The van der Waals surface area contributed by atoms with Gasteiger partial charge in [-0.25, -0.2) is 9.97 Å². The Labute approximate surface area is 406 Å². The summed E-state index contributed by atoms with van der Waals surface area (Å²) in [6, 6.07) is 61.8. The van der Waals surface area contributed by atoms with Crippen molar-refractivity contribution in [1.29, 1.82) is 0 Å². The van der Waals surface area contributed by atoms with Crippen LogP contribution in [0.25, 0.3) is 122 Å². The lowest BCUT2D eigenvalue weighted by molar-refractivity contribution is 0.591. The molecular formula is C64H53N5O. The minimum absolute atomic E-state index is 0.0211. The van der Waals surface area contributed by atoms with Gasteiger partial charge in [0.25, 0.3) is 0 Å². The van der Waals surface area contributed by atoms with E-state index in [1.807, 2.05) is 24.4 Å². The molecule has 0 unspecified atom stereocenters. The van der Waals surface area contributed by atoms with E-state index in [2.05, 4.69) is 214 Å². The molecule has 0 spiro atoms. The summed E-state index contributed by atoms with van der Waals surface area (Å²) in [6.45, 7) is 16.0. The third-order valence-electron chi connectivity index (χ3n) is 14.7. The monoisotopic (exact) mass is 907 g/mol. The van der Waals surface area contributed by atoms with E-state index < -0.39 is 0 Å². The summed E-state index contributed by atoms with van der Waals surface area (Å²) in [6.07, 6.45) is 1.87. The van der Waals surface area contributed by atoms with Gasteiger partial charge in [-0.15, -0.1) is 0 Å². The maximum atomic E-state index is 6.43. The summed E-state index contributed by atoms with van der Waals surface area (Å²) in [5.74, 6) is 2.53. The van der Waals surface area contributed by atoms with E-state index in [1.165, 1.54) is 38.6 Å². The number of rotatable bonds is 7. The van der Waals surface area contributed by atoms with Gasteiger partial charge in [0.15, 0.2) is 0 Å². The largest absolute Gasteiger partial charge is 0.456 e. The smallest absolute Gasteiger partial charge is 0.147 e. The molecule has 0 saturated heterocycles. The molecule has 0 aliphatic rings. The van der Waals surface area contributed by atoms with Gasteiger partial charge in [0, 0.05) is 60.8 Å². The first kappa shape index (κ1) is 41.9. The number of benzene rings is 8. The quantitative estimate of drug-likeness (QED) is 0.173. The third-order valence-corrected chi connectivity index (χ3v) is 14.7. The number of para-hydroxylation sites is 3. The first-order chi connectivity index (χ1) is 34.0. The van der Waals surface area contributed by atoms with Gasteiger partial charge in [-0.3, -0.25) is 9.13 Å². The van der Waals surface area contributed by atoms with Gasteiger partial charge in [-0.1, -0.05) is 146 Å². The number of furan rings is 1. The van der Waals surface area contributed by atoms with E-state index in [-0.39, 0.29) is 5.41 Å². The summed E-state index contributed by atoms with van der Waals surface area (Å²) < 4.78 is 11.1. The Morgan fingerprint density at radius 3 is 2.00 bits per heavy atom. The Morgan fingerprint density at radius 1 is 0.514 bits per heavy atom. The zero-order chi connectivity index (χ0) is 47.6. The molecule has 8 aromatic carbocycles. The lowest BCUT2D eigenvalue weighted by Gasteiger charge is -2.20. The highest BCUT2D eigenvalue weighted by Crippen LogP contribution is 2.44. The number of aromatic amines is 1. The number of hydrogen-bond donors (Lipinski definition) is 1. The van der Waals surface area contributed by atoms with Crippen molar-refractivity contribution in [2.45, 2.75) is 65.7 Å². The normalized spacial score (nSPS) is 12.5. The molecule has 0 radical (unpaired) electrons. The highest BCUT2D eigenvalue weighted by Gasteiger charge is 2.24. The predicted octanol–water partition coefficient (Wildman–Crippen LogP) is 17.6. The van der Waals surface area contributed by atoms with Crippen LogP contribution in [0.3, 0.4) is 0 Å². The molecule has 6 nitrogen and oxygen atoms in total. The van der Waals surface area contributed by atoms with E-state index in [1.54, 1.807) is 0 Å². The van der Waals surface area contributed by atoms with Gasteiger partial charge >= 0.3 is 0 Å². The van der Waals surface area contributed by atoms with E-state index in [4.69, 9.17) is 14.4 Å². The Bertz CT molecular complexity index is 4180. The number of pyridine rings is 1. The number of hydrogen-bond acceptors (Lipinski definition) is 3. The van der Waals surface area contributed by atoms with E-state index in [0.717, 1.165) is 99.8 Å². The maximum absolute atomic E-state index is 6.43. The molecule has 1 N–H and O–H groups in total. The molecule has 0 aliphatic heterocycles. The molecule has 0 atom stereocenters. The maximum Gasteiger partial charge on any atom is 0.147 e. The summed E-state index contributed by atoms with van der Waals surface area (Å²) in [5.41, 5.74) is 18.9. The average Bonchev–Trinajstić information content (AvgIpc) is 4.14. The van der Waals surface area contributed by atoms with Crippen molar-refractivity contribution < 1.29 is 4.42 Å². The molecule has 13 aromatic rings. The SMILES string of the molecule is CC(C)c1cccc(C(C)C)c1-c1ccc(-n2c(-c3cccc4c3[nH]c3ccc(C(C)(C)C)cc34)nc3c(-c4ccc5c6cc7oc8ccccc8c7cc6n(-c6ccccn6)c5c4)cccc32)cc1. The van der Waals surface area contributed by atoms with Gasteiger partial charge in [0.1, 0.15) is 22.8 Å². The topological polar surface area (TPSA) is 64.6 Å². The number of nitrogens with one attached hydrogen (secondary N) is 1. The minimum Gasteiger partial charge on any atom is -0.456 e. The van der Waals surface area contributed by atoms with Gasteiger partial charge in [-0.2, -0.15) is 0 Å². The molecule has 6 heteroatoms. The number of aromatic nitrogens is 5. The predicted molar refractivity (Wildman–Crippen MR) is 293 cm³/mol. The van der Waals surface area contributed by atoms with Crippen LogP contribution in [0.2, 0.25) is 0 Å². The van der Waals surface area contributed by atoms with Gasteiger partial charge < -0.3 is 9.40 Å². The van der Waals surface area contributed by atoms with Crippen molar-refractivity contribution in [3.63, 3.8) is 0 Å². The number of H-pyrrole nitrogens is 1. The second kappa shape index (κ2) is 15.7. The summed E-state index contributed by atoms with van der Waals surface area (Å²) in [4.78, 5) is 14.5. The van der Waals surface area contributed by atoms with Crippen LogP contribution in [0.5, 0.6) is 0 Å². The molecule has 5 heterocycles. The fraction of sp³-hybridized carbons (Fsp3) is 0.156. The Hall–Kier alpha value is -8.22. The highest BCUT2D eigenvalue weighted by molar-refractivity contribution is 6.18. The van der Waals surface area contributed by atoms with Crippen molar-refractivity contribution >= 4 is 76.6 Å². The van der Waals surface area contributed by atoms with Crippen molar-refractivity contribution in [3.05, 3.63) is 193 Å². The molecule has 0 amide bonds. The van der Waals surface area contributed by atoms with Crippen LogP contribution in [0, 0.1) is 0 Å². The van der Waals surface area contributed by atoms with Crippen molar-refractivity contribution in [3.8, 4) is 45.1 Å². The van der Waals surface area contributed by atoms with Crippen LogP contribution in [0.4, 0.5) is 0 Å². The second-order valence-electron chi connectivity index (χ2n) is 20.7. The van der Waals surface area contributed by atoms with E-state index >= 15 is 0 Å². The molecular weight excluding hydrogens is 855 g/mol. The van der Waals surface area contributed by atoms with Gasteiger partial charge in [-0.05, 0) is 123 Å². The average molecular weight is 908 g/mol. The van der Waals surface area contributed by atoms with Crippen LogP contribution in [-0.4, -0.2) is 24.1 Å². The summed E-state index contributed by atoms with van der Waals surface area (Å²) in [7, 11) is 0. The van der Waals surface area contributed by atoms with Crippen molar-refractivity contribution in [1.82, 2.24) is 24.1 Å². The molecule has 0 saturated carbocycles. The first-order valence-corrected chi connectivity index (χ1v) is 24.6. The van der Waals surface area contributed by atoms with Crippen LogP contribution >= 0.6 is 0 Å². The fourth-order valence-electron chi connectivity index (χ4n) is 11.1.